The van der Waals surface area contributed by atoms with Crippen LogP contribution in [0.1, 0.15) is 16.8 Å². The van der Waals surface area contributed by atoms with Crippen LogP contribution in [0.25, 0.3) is 0 Å². The number of hydrogen-bond donors (Lipinski definition) is 4. The molecule has 100 valence electrons. The first-order valence-corrected chi connectivity index (χ1v) is 5.73. The van der Waals surface area contributed by atoms with Gasteiger partial charge in [-0.1, -0.05) is 12.1 Å². The smallest absolute Gasteiger partial charge is 0.337 e. The minimum atomic E-state index is -1.12. The molecule has 1 heterocycles. The third-order valence-electron chi connectivity index (χ3n) is 2.72. The number of carboxylic acid groups (broad SMARTS) is 1. The third kappa shape index (κ3) is 3.21. The molecule has 0 radical (unpaired) electrons. The zero-order chi connectivity index (χ0) is 13.8. The molecular weight excluding hydrogens is 250 g/mol. The zero-order valence-corrected chi connectivity index (χ0v) is 9.97. The number of nitrogens with one attached hydrogen (secondary N) is 3. The van der Waals surface area contributed by atoms with Crippen molar-refractivity contribution in [2.24, 2.45) is 0 Å². The van der Waals surface area contributed by atoms with Crippen LogP contribution in [0.5, 0.6) is 0 Å². The van der Waals surface area contributed by atoms with E-state index in [-0.39, 0.29) is 29.6 Å². The van der Waals surface area contributed by atoms with Gasteiger partial charge >= 0.3 is 12.0 Å². The fourth-order valence-electron chi connectivity index (χ4n) is 1.83. The summed E-state index contributed by atoms with van der Waals surface area (Å²) in [6.07, 6.45) is 0.230. The van der Waals surface area contributed by atoms with Crippen molar-refractivity contribution in [2.75, 3.05) is 11.9 Å². The maximum absolute atomic E-state index is 11.7. The predicted octanol–water partition coefficient (Wildman–Crippen LogP) is 0.395. The quantitative estimate of drug-likeness (QED) is 0.632. The SMILES string of the molecule is O=C1CC(NC(=O)Nc2ccccc2C(=O)O)CN1. The second-order valence-electron chi connectivity index (χ2n) is 4.15. The van der Waals surface area contributed by atoms with E-state index < -0.39 is 12.0 Å². The van der Waals surface area contributed by atoms with Crippen LogP contribution in [0.2, 0.25) is 0 Å². The lowest BCUT2D eigenvalue weighted by Gasteiger charge is -2.12. The van der Waals surface area contributed by atoms with Gasteiger partial charge in [0.15, 0.2) is 0 Å². The number of benzene rings is 1. The summed E-state index contributed by atoms with van der Waals surface area (Å²) in [6.45, 7) is 0.382. The molecule has 4 N–H and O–H groups in total. The number of rotatable bonds is 3. The Morgan fingerprint density at radius 3 is 2.68 bits per heavy atom. The maximum Gasteiger partial charge on any atom is 0.337 e. The average molecular weight is 263 g/mol. The van der Waals surface area contributed by atoms with Crippen molar-refractivity contribution in [3.05, 3.63) is 29.8 Å². The number of anilines is 1. The van der Waals surface area contributed by atoms with Crippen LogP contribution in [0, 0.1) is 0 Å². The number of carboxylic acids is 1. The number of carbonyl (C=O) groups excluding carboxylic acids is 2. The topological polar surface area (TPSA) is 108 Å². The summed E-state index contributed by atoms with van der Waals surface area (Å²) in [5.74, 6) is -1.23. The van der Waals surface area contributed by atoms with Crippen molar-refractivity contribution in [2.45, 2.75) is 12.5 Å². The average Bonchev–Trinajstić information content (AvgIpc) is 2.75. The molecule has 0 aromatic heterocycles. The summed E-state index contributed by atoms with van der Waals surface area (Å²) in [7, 11) is 0. The van der Waals surface area contributed by atoms with Crippen LogP contribution in [-0.2, 0) is 4.79 Å². The number of urea groups is 1. The van der Waals surface area contributed by atoms with Crippen molar-refractivity contribution in [3.8, 4) is 0 Å². The summed E-state index contributed by atoms with van der Waals surface area (Å²) in [5.41, 5.74) is 0.225. The van der Waals surface area contributed by atoms with Crippen LogP contribution < -0.4 is 16.0 Å². The van der Waals surface area contributed by atoms with E-state index in [0.717, 1.165) is 0 Å². The van der Waals surface area contributed by atoms with Crippen LogP contribution >= 0.6 is 0 Å². The van der Waals surface area contributed by atoms with E-state index in [4.69, 9.17) is 5.11 Å². The summed E-state index contributed by atoms with van der Waals surface area (Å²) in [5, 5.41) is 16.6. The van der Waals surface area contributed by atoms with Gasteiger partial charge in [0.2, 0.25) is 5.91 Å². The maximum atomic E-state index is 11.7. The molecule has 0 bridgehead atoms. The predicted molar refractivity (Wildman–Crippen MR) is 67.0 cm³/mol. The molecule has 0 aliphatic carbocycles. The fraction of sp³-hybridized carbons (Fsp3) is 0.250. The normalized spacial score (nSPS) is 17.7. The van der Waals surface area contributed by atoms with Crippen molar-refractivity contribution in [1.29, 1.82) is 0 Å². The second kappa shape index (κ2) is 5.38. The number of amides is 3. The first kappa shape index (κ1) is 12.9. The van der Waals surface area contributed by atoms with Gasteiger partial charge in [0, 0.05) is 13.0 Å². The first-order valence-electron chi connectivity index (χ1n) is 5.73. The Hall–Kier alpha value is -2.57. The summed E-state index contributed by atoms with van der Waals surface area (Å²) < 4.78 is 0. The Kier molecular flexibility index (Phi) is 3.65. The Balaban J connectivity index is 1.99. The van der Waals surface area contributed by atoms with E-state index in [1.807, 2.05) is 0 Å². The largest absolute Gasteiger partial charge is 0.478 e. The van der Waals surface area contributed by atoms with Gasteiger partial charge in [0.1, 0.15) is 0 Å². The Labute approximate surface area is 109 Å². The fourth-order valence-corrected chi connectivity index (χ4v) is 1.83. The standard InChI is InChI=1S/C12H13N3O4/c16-10-5-7(6-13-10)14-12(19)15-9-4-2-1-3-8(9)11(17)18/h1-4,7H,5-6H2,(H,13,16)(H,17,18)(H2,14,15,19). The molecule has 7 heteroatoms. The molecule has 2 rings (SSSR count). The molecule has 1 saturated heterocycles. The number of aromatic carboxylic acids is 1. The minimum absolute atomic E-state index is 0.0123. The minimum Gasteiger partial charge on any atom is -0.478 e. The van der Waals surface area contributed by atoms with Crippen LogP contribution in [0.15, 0.2) is 24.3 Å². The van der Waals surface area contributed by atoms with E-state index in [0.29, 0.717) is 6.54 Å². The monoisotopic (exact) mass is 263 g/mol. The molecule has 1 aromatic rings. The lowest BCUT2D eigenvalue weighted by molar-refractivity contribution is -0.119. The van der Waals surface area contributed by atoms with Gasteiger partial charge in [-0.05, 0) is 12.1 Å². The second-order valence-corrected chi connectivity index (χ2v) is 4.15. The van der Waals surface area contributed by atoms with E-state index in [1.54, 1.807) is 12.1 Å². The summed E-state index contributed by atoms with van der Waals surface area (Å²) in [4.78, 5) is 33.6. The third-order valence-corrected chi connectivity index (χ3v) is 2.72. The van der Waals surface area contributed by atoms with Crippen LogP contribution in [0.3, 0.4) is 0 Å². The highest BCUT2D eigenvalue weighted by molar-refractivity contribution is 6.00. The molecule has 1 atom stereocenters. The lowest BCUT2D eigenvalue weighted by Crippen LogP contribution is -2.39. The van der Waals surface area contributed by atoms with E-state index in [9.17, 15) is 14.4 Å². The van der Waals surface area contributed by atoms with Crippen LogP contribution in [-0.4, -0.2) is 35.6 Å². The molecule has 19 heavy (non-hydrogen) atoms. The molecule has 0 saturated carbocycles. The van der Waals surface area contributed by atoms with Gasteiger partial charge in [0.25, 0.3) is 0 Å². The van der Waals surface area contributed by atoms with Gasteiger partial charge in [-0.25, -0.2) is 9.59 Å². The van der Waals surface area contributed by atoms with Crippen molar-refractivity contribution >= 4 is 23.6 Å². The van der Waals surface area contributed by atoms with Gasteiger partial charge in [-0.15, -0.1) is 0 Å². The van der Waals surface area contributed by atoms with Gasteiger partial charge < -0.3 is 21.1 Å². The highest BCUT2D eigenvalue weighted by Crippen LogP contribution is 2.14. The molecule has 1 aliphatic heterocycles. The molecule has 1 aliphatic rings. The molecule has 1 fully saturated rings. The van der Waals surface area contributed by atoms with Crippen LogP contribution in [0.4, 0.5) is 10.5 Å². The van der Waals surface area contributed by atoms with E-state index >= 15 is 0 Å². The molecule has 0 spiro atoms. The van der Waals surface area contributed by atoms with Gasteiger partial charge in [-0.2, -0.15) is 0 Å². The van der Waals surface area contributed by atoms with Crippen molar-refractivity contribution < 1.29 is 19.5 Å². The summed E-state index contributed by atoms with van der Waals surface area (Å²) >= 11 is 0. The molecule has 1 unspecified atom stereocenters. The highest BCUT2D eigenvalue weighted by Gasteiger charge is 2.23. The van der Waals surface area contributed by atoms with Gasteiger partial charge in [0.05, 0.1) is 17.3 Å². The molecule has 1 aromatic carbocycles. The lowest BCUT2D eigenvalue weighted by atomic mass is 10.2. The Bertz CT molecular complexity index is 529. The van der Waals surface area contributed by atoms with E-state index in [2.05, 4.69) is 16.0 Å². The highest BCUT2D eigenvalue weighted by atomic mass is 16.4. The number of para-hydroxylation sites is 1. The molecule has 7 nitrogen and oxygen atoms in total. The Morgan fingerprint density at radius 2 is 2.05 bits per heavy atom. The zero-order valence-electron chi connectivity index (χ0n) is 9.97. The molecule has 3 amide bonds. The van der Waals surface area contributed by atoms with Crippen molar-refractivity contribution in [1.82, 2.24) is 10.6 Å². The molecular formula is C12H13N3O4. The summed E-state index contributed by atoms with van der Waals surface area (Å²) in [6, 6.07) is 5.30. The Morgan fingerprint density at radius 1 is 1.32 bits per heavy atom. The van der Waals surface area contributed by atoms with E-state index in [1.165, 1.54) is 12.1 Å². The number of hydrogen-bond acceptors (Lipinski definition) is 3. The first-order chi connectivity index (χ1) is 9.06. The number of carbonyl (C=O) groups is 3. The van der Waals surface area contributed by atoms with Gasteiger partial charge in [-0.3, -0.25) is 4.79 Å². The van der Waals surface area contributed by atoms with Crippen molar-refractivity contribution in [3.63, 3.8) is 0 Å².